The summed E-state index contributed by atoms with van der Waals surface area (Å²) in [7, 11) is 0. The SMILES string of the molecule is FC(F)(F)/C=C(\Cl)C(F)(F)F. The Morgan fingerprint density at radius 2 is 1.36 bits per heavy atom. The summed E-state index contributed by atoms with van der Waals surface area (Å²) < 4.78 is 67.4. The average Bonchev–Trinajstić information content (AvgIpc) is 1.56. The average molecular weight is 198 g/mol. The molecule has 0 amide bonds. The monoisotopic (exact) mass is 198 g/mol. The van der Waals surface area contributed by atoms with Crippen molar-refractivity contribution >= 4 is 11.6 Å². The molecule has 0 radical (unpaired) electrons. The van der Waals surface area contributed by atoms with E-state index in [1.54, 1.807) is 0 Å². The maximum Gasteiger partial charge on any atom is 0.426 e. The van der Waals surface area contributed by atoms with Crippen molar-refractivity contribution < 1.29 is 26.3 Å². The van der Waals surface area contributed by atoms with E-state index in [9.17, 15) is 26.3 Å². The minimum atomic E-state index is -5.13. The Balaban J connectivity index is 4.49. The Morgan fingerprint density at radius 1 is 1.00 bits per heavy atom. The molecule has 0 rings (SSSR count). The van der Waals surface area contributed by atoms with Crippen molar-refractivity contribution in [2.75, 3.05) is 0 Å². The van der Waals surface area contributed by atoms with Crippen molar-refractivity contribution in [3.63, 3.8) is 0 Å². The lowest BCUT2D eigenvalue weighted by Gasteiger charge is -2.05. The first-order valence-corrected chi connectivity index (χ1v) is 2.53. The summed E-state index contributed by atoms with van der Waals surface area (Å²) in [6.45, 7) is 0. The number of halogens is 7. The van der Waals surface area contributed by atoms with Crippen molar-refractivity contribution in [1.29, 1.82) is 0 Å². The van der Waals surface area contributed by atoms with Gasteiger partial charge in [-0.05, 0) is 0 Å². The molecule has 0 heterocycles. The van der Waals surface area contributed by atoms with Crippen LogP contribution in [0.3, 0.4) is 0 Å². The lowest BCUT2D eigenvalue weighted by atomic mass is 10.5. The number of hydrogen-bond acceptors (Lipinski definition) is 0. The summed E-state index contributed by atoms with van der Waals surface area (Å²) in [6, 6.07) is 0. The van der Waals surface area contributed by atoms with E-state index in [0.717, 1.165) is 0 Å². The maximum atomic E-state index is 11.3. The van der Waals surface area contributed by atoms with E-state index in [0.29, 0.717) is 0 Å². The first-order chi connectivity index (χ1) is 4.63. The molecule has 0 aliphatic rings. The van der Waals surface area contributed by atoms with Gasteiger partial charge in [-0.1, -0.05) is 11.6 Å². The van der Waals surface area contributed by atoms with Gasteiger partial charge in [0.15, 0.2) is 0 Å². The minimum absolute atomic E-state index is 1.01. The number of rotatable bonds is 0. The zero-order valence-electron chi connectivity index (χ0n) is 4.72. The minimum Gasteiger partial charge on any atom is -0.167 e. The Bertz CT molecular complexity index is 162. The number of alkyl halides is 6. The molecule has 0 atom stereocenters. The summed E-state index contributed by atoms with van der Waals surface area (Å²) in [5.41, 5.74) is 0. The van der Waals surface area contributed by atoms with Crippen LogP contribution in [-0.4, -0.2) is 12.4 Å². The molecule has 0 saturated heterocycles. The third-order valence-electron chi connectivity index (χ3n) is 0.561. The quantitative estimate of drug-likeness (QED) is 0.524. The second kappa shape index (κ2) is 2.92. The molecule has 0 fully saturated rings. The molecular weight excluding hydrogens is 197 g/mol. The topological polar surface area (TPSA) is 0 Å². The smallest absolute Gasteiger partial charge is 0.167 e. The lowest BCUT2D eigenvalue weighted by molar-refractivity contribution is -0.102. The van der Waals surface area contributed by atoms with Crippen LogP contribution in [0.5, 0.6) is 0 Å². The van der Waals surface area contributed by atoms with E-state index in [4.69, 9.17) is 0 Å². The summed E-state index contributed by atoms with van der Waals surface area (Å²) in [5, 5.41) is -2.18. The summed E-state index contributed by atoms with van der Waals surface area (Å²) in [4.78, 5) is 0. The number of allylic oxidation sites excluding steroid dienone is 2. The molecule has 0 aliphatic heterocycles. The first-order valence-electron chi connectivity index (χ1n) is 2.15. The molecule has 0 saturated carbocycles. The highest BCUT2D eigenvalue weighted by Crippen LogP contribution is 2.32. The summed E-state index contributed by atoms with van der Waals surface area (Å²) in [5.74, 6) is 0. The Kier molecular flexibility index (Phi) is 2.82. The molecule has 0 bridgehead atoms. The van der Waals surface area contributed by atoms with Crippen LogP contribution < -0.4 is 0 Å². The van der Waals surface area contributed by atoms with Gasteiger partial charge in [-0.3, -0.25) is 0 Å². The normalized spacial score (nSPS) is 15.4. The molecule has 0 aliphatic carbocycles. The van der Waals surface area contributed by atoms with Gasteiger partial charge in [-0.25, -0.2) is 0 Å². The molecule has 66 valence electrons. The van der Waals surface area contributed by atoms with E-state index in [1.807, 2.05) is 0 Å². The van der Waals surface area contributed by atoms with Gasteiger partial charge in [0.05, 0.1) is 0 Å². The zero-order chi connectivity index (χ0) is 9.28. The van der Waals surface area contributed by atoms with Crippen LogP contribution in [0, 0.1) is 0 Å². The van der Waals surface area contributed by atoms with Gasteiger partial charge in [0.1, 0.15) is 5.03 Å². The van der Waals surface area contributed by atoms with E-state index < -0.39 is 23.5 Å². The molecule has 7 heteroatoms. The van der Waals surface area contributed by atoms with Crippen LogP contribution in [-0.2, 0) is 0 Å². The van der Waals surface area contributed by atoms with Crippen LogP contribution in [0.4, 0.5) is 26.3 Å². The second-order valence-corrected chi connectivity index (χ2v) is 1.94. The number of hydrogen-bond donors (Lipinski definition) is 0. The van der Waals surface area contributed by atoms with Gasteiger partial charge in [-0.15, -0.1) is 0 Å². The predicted molar refractivity (Wildman–Crippen MR) is 26.0 cm³/mol. The van der Waals surface area contributed by atoms with Gasteiger partial charge in [0.25, 0.3) is 0 Å². The molecule has 0 aromatic rings. The first kappa shape index (κ1) is 10.6. The largest absolute Gasteiger partial charge is 0.426 e. The summed E-state index contributed by atoms with van der Waals surface area (Å²) >= 11 is 4.26. The third-order valence-corrected chi connectivity index (χ3v) is 0.885. The van der Waals surface area contributed by atoms with E-state index in [2.05, 4.69) is 11.6 Å². The Labute approximate surface area is 62.4 Å². The van der Waals surface area contributed by atoms with E-state index in [-0.39, 0.29) is 0 Å². The second-order valence-electron chi connectivity index (χ2n) is 1.53. The van der Waals surface area contributed by atoms with Crippen LogP contribution in [0.1, 0.15) is 0 Å². The molecule has 0 spiro atoms. The van der Waals surface area contributed by atoms with Crippen molar-refractivity contribution in [3.05, 3.63) is 11.1 Å². The maximum absolute atomic E-state index is 11.3. The highest BCUT2D eigenvalue weighted by Gasteiger charge is 2.37. The molecule has 0 unspecified atom stereocenters. The highest BCUT2D eigenvalue weighted by atomic mass is 35.5. The molecule has 0 N–H and O–H groups in total. The fourth-order valence-electron chi connectivity index (χ4n) is 0.226. The fraction of sp³-hybridized carbons (Fsp3) is 0.500. The Morgan fingerprint density at radius 3 is 1.45 bits per heavy atom. The van der Waals surface area contributed by atoms with Gasteiger partial charge in [0, 0.05) is 6.08 Å². The van der Waals surface area contributed by atoms with Gasteiger partial charge >= 0.3 is 12.4 Å². The van der Waals surface area contributed by atoms with Gasteiger partial charge in [-0.2, -0.15) is 26.3 Å². The van der Waals surface area contributed by atoms with Crippen molar-refractivity contribution in [2.24, 2.45) is 0 Å². The fourth-order valence-corrected chi connectivity index (χ4v) is 0.349. The molecular formula is C4HClF6. The molecule has 0 nitrogen and oxygen atoms in total. The van der Waals surface area contributed by atoms with Crippen molar-refractivity contribution in [3.8, 4) is 0 Å². The lowest BCUT2D eigenvalue weighted by Crippen LogP contribution is -2.12. The highest BCUT2D eigenvalue weighted by molar-refractivity contribution is 6.30. The van der Waals surface area contributed by atoms with Crippen molar-refractivity contribution in [2.45, 2.75) is 12.4 Å². The van der Waals surface area contributed by atoms with Crippen LogP contribution >= 0.6 is 11.6 Å². The molecule has 0 aromatic heterocycles. The van der Waals surface area contributed by atoms with E-state index >= 15 is 0 Å². The zero-order valence-corrected chi connectivity index (χ0v) is 5.48. The van der Waals surface area contributed by atoms with E-state index in [1.165, 1.54) is 0 Å². The third kappa shape index (κ3) is 4.94. The van der Waals surface area contributed by atoms with Crippen molar-refractivity contribution in [1.82, 2.24) is 0 Å². The molecule has 11 heavy (non-hydrogen) atoms. The van der Waals surface area contributed by atoms with Gasteiger partial charge in [0.2, 0.25) is 0 Å². The van der Waals surface area contributed by atoms with Gasteiger partial charge < -0.3 is 0 Å². The van der Waals surface area contributed by atoms with Crippen LogP contribution in [0.15, 0.2) is 11.1 Å². The van der Waals surface area contributed by atoms with Crippen LogP contribution in [0.25, 0.3) is 0 Å². The molecule has 0 aromatic carbocycles. The predicted octanol–water partition coefficient (Wildman–Crippen LogP) is 3.23. The Hall–Kier alpha value is -0.390. The standard InChI is InChI=1S/C4HClF6/c5-2(4(9,10)11)1-3(6,7)8/h1H/b2-1-. The summed E-state index contributed by atoms with van der Waals surface area (Å²) in [6.07, 6.45) is -11.2. The van der Waals surface area contributed by atoms with Crippen LogP contribution in [0.2, 0.25) is 0 Å².